The molecular weight excluding hydrogens is 464 g/mol. The molecular formula is C26H30N4O2S2. The summed E-state index contributed by atoms with van der Waals surface area (Å²) in [5, 5.41) is 5.86. The molecule has 0 saturated heterocycles. The Labute approximate surface area is 209 Å². The number of benzene rings is 1. The maximum atomic E-state index is 12.5. The number of hydrogen-bond donors (Lipinski definition) is 2. The molecule has 0 aliphatic heterocycles. The van der Waals surface area contributed by atoms with Gasteiger partial charge >= 0.3 is 0 Å². The molecule has 2 amide bonds. The summed E-state index contributed by atoms with van der Waals surface area (Å²) < 4.78 is 0. The van der Waals surface area contributed by atoms with Crippen LogP contribution >= 0.6 is 23.5 Å². The molecule has 2 N–H and O–H groups in total. The molecule has 1 aromatic carbocycles. The smallest absolute Gasteiger partial charge is 0.251 e. The van der Waals surface area contributed by atoms with Crippen molar-refractivity contribution in [2.45, 2.75) is 12.8 Å². The van der Waals surface area contributed by atoms with Crippen LogP contribution in [-0.2, 0) is 12.8 Å². The average Bonchev–Trinajstić information content (AvgIpc) is 2.89. The van der Waals surface area contributed by atoms with Gasteiger partial charge in [0.1, 0.15) is 0 Å². The van der Waals surface area contributed by atoms with Crippen LogP contribution in [0.25, 0.3) is 0 Å². The van der Waals surface area contributed by atoms with Gasteiger partial charge in [-0.1, -0.05) is 18.2 Å². The van der Waals surface area contributed by atoms with Gasteiger partial charge < -0.3 is 10.6 Å². The molecule has 34 heavy (non-hydrogen) atoms. The van der Waals surface area contributed by atoms with Crippen molar-refractivity contribution >= 4 is 35.3 Å². The highest BCUT2D eigenvalue weighted by Crippen LogP contribution is 2.08. The first-order valence-electron chi connectivity index (χ1n) is 11.3. The number of thioether (sulfide) groups is 2. The van der Waals surface area contributed by atoms with Crippen LogP contribution in [0.3, 0.4) is 0 Å². The van der Waals surface area contributed by atoms with Crippen molar-refractivity contribution in [1.29, 1.82) is 0 Å². The van der Waals surface area contributed by atoms with E-state index in [-0.39, 0.29) is 11.8 Å². The second-order valence-corrected chi connectivity index (χ2v) is 9.91. The van der Waals surface area contributed by atoms with Gasteiger partial charge in [-0.25, -0.2) is 0 Å². The zero-order chi connectivity index (χ0) is 23.8. The third kappa shape index (κ3) is 9.57. The van der Waals surface area contributed by atoms with Crippen LogP contribution < -0.4 is 10.6 Å². The minimum absolute atomic E-state index is 0.162. The monoisotopic (exact) mass is 494 g/mol. The maximum absolute atomic E-state index is 12.5. The Morgan fingerprint density at radius 3 is 1.59 bits per heavy atom. The van der Waals surface area contributed by atoms with E-state index in [9.17, 15) is 9.59 Å². The van der Waals surface area contributed by atoms with Gasteiger partial charge in [0.2, 0.25) is 0 Å². The van der Waals surface area contributed by atoms with Crippen LogP contribution in [0, 0.1) is 0 Å². The van der Waals surface area contributed by atoms with Crippen molar-refractivity contribution in [1.82, 2.24) is 20.6 Å². The Bertz CT molecular complexity index is 941. The summed E-state index contributed by atoms with van der Waals surface area (Å²) >= 11 is 3.56. The quantitative estimate of drug-likeness (QED) is 0.331. The standard InChI is InChI=1S/C26H30N4O2S2/c31-25(29-14-18-33-16-10-23-8-1-3-12-27-23)21-6-5-7-22(20-21)26(32)30-15-19-34-17-11-24-9-2-4-13-28-24/h1-9,12-13,20H,10-11,14-19H2,(H,29,31)(H,30,32). The van der Waals surface area contributed by atoms with Crippen molar-refractivity contribution in [3.8, 4) is 0 Å². The molecule has 2 aromatic heterocycles. The van der Waals surface area contributed by atoms with Gasteiger partial charge in [-0.15, -0.1) is 0 Å². The Balaban J connectivity index is 1.29. The highest BCUT2D eigenvalue weighted by molar-refractivity contribution is 7.99. The fourth-order valence-corrected chi connectivity index (χ4v) is 4.74. The van der Waals surface area contributed by atoms with Crippen LogP contribution in [-0.4, -0.2) is 57.9 Å². The van der Waals surface area contributed by atoms with E-state index in [1.54, 1.807) is 60.2 Å². The van der Waals surface area contributed by atoms with Crippen molar-refractivity contribution < 1.29 is 9.59 Å². The fraction of sp³-hybridized carbons (Fsp3) is 0.308. The van der Waals surface area contributed by atoms with E-state index in [0.717, 1.165) is 47.2 Å². The van der Waals surface area contributed by atoms with Crippen molar-refractivity contribution in [2.24, 2.45) is 0 Å². The number of pyridine rings is 2. The van der Waals surface area contributed by atoms with Crippen molar-refractivity contribution in [3.63, 3.8) is 0 Å². The fourth-order valence-electron chi connectivity index (χ4n) is 3.13. The molecule has 3 rings (SSSR count). The van der Waals surface area contributed by atoms with E-state index in [1.165, 1.54) is 0 Å². The number of carbonyl (C=O) groups excluding carboxylic acids is 2. The summed E-state index contributed by atoms with van der Waals surface area (Å²) in [6.07, 6.45) is 5.44. The number of nitrogens with zero attached hydrogens (tertiary/aromatic N) is 2. The second kappa shape index (κ2) is 15.1. The molecule has 0 unspecified atom stereocenters. The zero-order valence-electron chi connectivity index (χ0n) is 19.1. The first-order chi connectivity index (χ1) is 16.7. The number of nitrogens with one attached hydrogen (secondary N) is 2. The summed E-state index contributed by atoms with van der Waals surface area (Å²) in [6, 6.07) is 18.7. The largest absolute Gasteiger partial charge is 0.351 e. The van der Waals surface area contributed by atoms with E-state index >= 15 is 0 Å². The number of aromatic nitrogens is 2. The summed E-state index contributed by atoms with van der Waals surface area (Å²) in [5.41, 5.74) is 3.15. The SMILES string of the molecule is O=C(NCCSCCc1ccccn1)c1cccc(C(=O)NCCSCCc2ccccn2)c1. The molecule has 0 spiro atoms. The topological polar surface area (TPSA) is 84.0 Å². The van der Waals surface area contributed by atoms with E-state index in [0.29, 0.717) is 24.2 Å². The van der Waals surface area contributed by atoms with Gasteiger partial charge in [-0.05, 0) is 66.8 Å². The minimum Gasteiger partial charge on any atom is -0.351 e. The lowest BCUT2D eigenvalue weighted by atomic mass is 10.1. The number of aryl methyl sites for hydroxylation is 2. The van der Waals surface area contributed by atoms with Crippen LogP contribution in [0.5, 0.6) is 0 Å². The van der Waals surface area contributed by atoms with Crippen LogP contribution in [0.1, 0.15) is 32.1 Å². The van der Waals surface area contributed by atoms with Crippen LogP contribution in [0.2, 0.25) is 0 Å². The lowest BCUT2D eigenvalue weighted by Crippen LogP contribution is -2.28. The van der Waals surface area contributed by atoms with Gasteiger partial charge in [0.05, 0.1) is 0 Å². The van der Waals surface area contributed by atoms with Gasteiger partial charge in [-0.3, -0.25) is 19.6 Å². The highest BCUT2D eigenvalue weighted by atomic mass is 32.2. The lowest BCUT2D eigenvalue weighted by Gasteiger charge is -2.08. The Hall–Kier alpha value is -2.84. The van der Waals surface area contributed by atoms with E-state index in [1.807, 2.05) is 36.4 Å². The molecule has 3 aromatic rings. The Morgan fingerprint density at radius 2 is 1.15 bits per heavy atom. The molecule has 0 atom stereocenters. The van der Waals surface area contributed by atoms with Gasteiger partial charge in [-0.2, -0.15) is 23.5 Å². The van der Waals surface area contributed by atoms with Crippen LogP contribution in [0.4, 0.5) is 0 Å². The Morgan fingerprint density at radius 1 is 0.647 bits per heavy atom. The lowest BCUT2D eigenvalue weighted by molar-refractivity contribution is 0.0955. The van der Waals surface area contributed by atoms with E-state index < -0.39 is 0 Å². The predicted octanol–water partition coefficient (Wildman–Crippen LogP) is 3.89. The summed E-state index contributed by atoms with van der Waals surface area (Å²) in [4.78, 5) is 33.5. The molecule has 8 heteroatoms. The van der Waals surface area contributed by atoms with E-state index in [2.05, 4.69) is 20.6 Å². The van der Waals surface area contributed by atoms with Gasteiger partial charge in [0, 0.05) is 59.5 Å². The second-order valence-electron chi connectivity index (χ2n) is 7.46. The summed E-state index contributed by atoms with van der Waals surface area (Å²) in [5.74, 6) is 3.26. The molecule has 6 nitrogen and oxygen atoms in total. The third-order valence-corrected chi connectivity index (χ3v) is 6.88. The molecule has 178 valence electrons. The van der Waals surface area contributed by atoms with Gasteiger partial charge in [0.15, 0.2) is 0 Å². The molecule has 0 aliphatic rings. The maximum Gasteiger partial charge on any atom is 0.251 e. The van der Waals surface area contributed by atoms with Crippen LogP contribution in [0.15, 0.2) is 73.1 Å². The van der Waals surface area contributed by atoms with E-state index in [4.69, 9.17) is 0 Å². The molecule has 0 fully saturated rings. The average molecular weight is 495 g/mol. The number of amides is 2. The third-order valence-electron chi connectivity index (χ3n) is 4.91. The van der Waals surface area contributed by atoms with Crippen molar-refractivity contribution in [3.05, 3.63) is 95.6 Å². The molecule has 0 saturated carbocycles. The minimum atomic E-state index is -0.162. The Kier molecular flexibility index (Phi) is 11.5. The molecule has 0 bridgehead atoms. The first kappa shape index (κ1) is 25.8. The predicted molar refractivity (Wildman–Crippen MR) is 142 cm³/mol. The number of rotatable bonds is 14. The zero-order valence-corrected chi connectivity index (χ0v) is 20.7. The number of carbonyl (C=O) groups is 2. The molecule has 0 radical (unpaired) electrons. The molecule has 2 heterocycles. The highest BCUT2D eigenvalue weighted by Gasteiger charge is 2.10. The normalized spacial score (nSPS) is 10.6. The summed E-state index contributed by atoms with van der Waals surface area (Å²) in [6.45, 7) is 1.16. The number of hydrogen-bond acceptors (Lipinski definition) is 6. The summed E-state index contributed by atoms with van der Waals surface area (Å²) in [7, 11) is 0. The molecule has 0 aliphatic carbocycles. The van der Waals surface area contributed by atoms with Crippen molar-refractivity contribution in [2.75, 3.05) is 36.1 Å². The first-order valence-corrected chi connectivity index (χ1v) is 13.6. The van der Waals surface area contributed by atoms with Gasteiger partial charge in [0.25, 0.3) is 11.8 Å².